The van der Waals surface area contributed by atoms with Crippen LogP contribution in [0.15, 0.2) is 18.2 Å². The highest BCUT2D eigenvalue weighted by molar-refractivity contribution is 5.81. The molecule has 0 unspecified atom stereocenters. The van der Waals surface area contributed by atoms with Crippen LogP contribution in [-0.2, 0) is 16.0 Å². The van der Waals surface area contributed by atoms with Crippen LogP contribution < -0.4 is 10.1 Å². The minimum absolute atomic E-state index is 0.225. The normalized spacial score (nSPS) is 18.2. The van der Waals surface area contributed by atoms with Crippen LogP contribution in [0, 0.1) is 0 Å². The zero-order valence-corrected chi connectivity index (χ0v) is 9.45. The van der Waals surface area contributed by atoms with Gasteiger partial charge in [-0.2, -0.15) is 0 Å². The number of nitrogens with one attached hydrogen (secondary N) is 1. The van der Waals surface area contributed by atoms with Gasteiger partial charge < -0.3 is 14.8 Å². The lowest BCUT2D eigenvalue weighted by molar-refractivity contribution is -0.141. The maximum absolute atomic E-state index is 11.5. The molecule has 0 bridgehead atoms. The van der Waals surface area contributed by atoms with E-state index in [0.717, 1.165) is 24.3 Å². The lowest BCUT2D eigenvalue weighted by Crippen LogP contribution is -2.34. The lowest BCUT2D eigenvalue weighted by atomic mass is 9.97. The molecule has 1 aromatic rings. The number of carbonyl (C=O) groups excluding carboxylic acids is 1. The number of rotatable bonds is 2. The van der Waals surface area contributed by atoms with Crippen LogP contribution >= 0.6 is 0 Å². The highest BCUT2D eigenvalue weighted by atomic mass is 16.5. The molecule has 2 rings (SSSR count). The Bertz CT molecular complexity index is 389. The first kappa shape index (κ1) is 10.8. The SMILES string of the molecule is COC(=O)[C@H]1CCc2cccc(OC)c2N1. The molecule has 0 aliphatic carbocycles. The van der Waals surface area contributed by atoms with Crippen LogP contribution in [0.2, 0.25) is 0 Å². The van der Waals surface area contributed by atoms with Crippen LogP contribution in [0.3, 0.4) is 0 Å². The second kappa shape index (κ2) is 4.43. The molecule has 0 radical (unpaired) electrons. The maximum atomic E-state index is 11.5. The number of methoxy groups -OCH3 is 2. The van der Waals surface area contributed by atoms with Crippen LogP contribution in [0.4, 0.5) is 5.69 Å². The maximum Gasteiger partial charge on any atom is 0.328 e. The predicted octanol–water partition coefficient (Wildman–Crippen LogP) is 1.59. The van der Waals surface area contributed by atoms with E-state index in [-0.39, 0.29) is 12.0 Å². The van der Waals surface area contributed by atoms with Gasteiger partial charge in [-0.05, 0) is 24.5 Å². The number of ether oxygens (including phenoxy) is 2. The number of fused-ring (bicyclic) bond motifs is 1. The Hall–Kier alpha value is -1.71. The van der Waals surface area contributed by atoms with E-state index in [4.69, 9.17) is 9.47 Å². The van der Waals surface area contributed by atoms with Crippen LogP contribution in [-0.4, -0.2) is 26.2 Å². The summed E-state index contributed by atoms with van der Waals surface area (Å²) in [5.41, 5.74) is 2.09. The molecule has 0 saturated heterocycles. The minimum Gasteiger partial charge on any atom is -0.495 e. The number of anilines is 1. The van der Waals surface area contributed by atoms with Gasteiger partial charge in [0, 0.05) is 0 Å². The van der Waals surface area contributed by atoms with Gasteiger partial charge in [0.25, 0.3) is 0 Å². The van der Waals surface area contributed by atoms with Gasteiger partial charge in [0.05, 0.1) is 19.9 Å². The summed E-state index contributed by atoms with van der Waals surface area (Å²) in [6.07, 6.45) is 1.62. The van der Waals surface area contributed by atoms with Crippen LogP contribution in [0.1, 0.15) is 12.0 Å². The molecule has 0 amide bonds. The van der Waals surface area contributed by atoms with Gasteiger partial charge in [-0.1, -0.05) is 12.1 Å². The average Bonchev–Trinajstić information content (AvgIpc) is 2.36. The molecule has 1 aliphatic heterocycles. The van der Waals surface area contributed by atoms with E-state index in [1.165, 1.54) is 12.7 Å². The Morgan fingerprint density at radius 2 is 2.25 bits per heavy atom. The molecule has 0 aromatic heterocycles. The standard InChI is InChI=1S/C12H15NO3/c1-15-10-5-3-4-8-6-7-9(12(14)16-2)13-11(8)10/h3-5,9,13H,6-7H2,1-2H3/t9-/m1/s1. The summed E-state index contributed by atoms with van der Waals surface area (Å²) in [5.74, 6) is 0.544. The largest absolute Gasteiger partial charge is 0.495 e. The summed E-state index contributed by atoms with van der Waals surface area (Å²) in [5, 5.41) is 3.17. The number of hydrogen-bond acceptors (Lipinski definition) is 4. The van der Waals surface area contributed by atoms with E-state index >= 15 is 0 Å². The molecule has 0 saturated carbocycles. The zero-order chi connectivity index (χ0) is 11.5. The number of carbonyl (C=O) groups is 1. The third kappa shape index (κ3) is 1.83. The van der Waals surface area contributed by atoms with Gasteiger partial charge in [0.2, 0.25) is 0 Å². The fourth-order valence-electron chi connectivity index (χ4n) is 1.98. The number of benzene rings is 1. The Labute approximate surface area is 94.6 Å². The predicted molar refractivity (Wildman–Crippen MR) is 60.7 cm³/mol. The molecule has 0 fully saturated rings. The van der Waals surface area contributed by atoms with E-state index in [0.29, 0.717) is 0 Å². The molecule has 16 heavy (non-hydrogen) atoms. The molecule has 4 heteroatoms. The Kier molecular flexibility index (Phi) is 2.99. The molecule has 86 valence electrons. The van der Waals surface area contributed by atoms with Gasteiger partial charge in [-0.15, -0.1) is 0 Å². The van der Waals surface area contributed by atoms with Gasteiger partial charge >= 0.3 is 5.97 Å². The first-order valence-corrected chi connectivity index (χ1v) is 5.26. The molecule has 1 N–H and O–H groups in total. The van der Waals surface area contributed by atoms with Crippen molar-refractivity contribution in [2.45, 2.75) is 18.9 Å². The monoisotopic (exact) mass is 221 g/mol. The van der Waals surface area contributed by atoms with Crippen LogP contribution in [0.25, 0.3) is 0 Å². The third-order valence-corrected chi connectivity index (χ3v) is 2.84. The van der Waals surface area contributed by atoms with Crippen molar-refractivity contribution in [2.24, 2.45) is 0 Å². The lowest BCUT2D eigenvalue weighted by Gasteiger charge is -2.26. The summed E-state index contributed by atoms with van der Waals surface area (Å²) in [6.45, 7) is 0. The highest BCUT2D eigenvalue weighted by Gasteiger charge is 2.26. The summed E-state index contributed by atoms with van der Waals surface area (Å²) in [7, 11) is 3.03. The number of aryl methyl sites for hydroxylation is 1. The molecule has 0 spiro atoms. The van der Waals surface area contributed by atoms with Crippen molar-refractivity contribution in [3.63, 3.8) is 0 Å². The molecule has 1 heterocycles. The van der Waals surface area contributed by atoms with Crippen molar-refractivity contribution >= 4 is 11.7 Å². The Morgan fingerprint density at radius 1 is 1.44 bits per heavy atom. The van der Waals surface area contributed by atoms with E-state index < -0.39 is 0 Å². The molecular weight excluding hydrogens is 206 g/mol. The molecule has 1 aromatic carbocycles. The van der Waals surface area contributed by atoms with E-state index in [1.807, 2.05) is 18.2 Å². The third-order valence-electron chi connectivity index (χ3n) is 2.84. The van der Waals surface area contributed by atoms with Crippen molar-refractivity contribution in [3.05, 3.63) is 23.8 Å². The summed E-state index contributed by atoms with van der Waals surface area (Å²) >= 11 is 0. The van der Waals surface area contributed by atoms with Gasteiger partial charge in [-0.3, -0.25) is 0 Å². The topological polar surface area (TPSA) is 47.6 Å². The van der Waals surface area contributed by atoms with E-state index in [9.17, 15) is 4.79 Å². The molecule has 1 atom stereocenters. The van der Waals surface area contributed by atoms with Crippen molar-refractivity contribution in [1.82, 2.24) is 0 Å². The zero-order valence-electron chi connectivity index (χ0n) is 9.45. The van der Waals surface area contributed by atoms with Crippen molar-refractivity contribution in [3.8, 4) is 5.75 Å². The minimum atomic E-state index is -0.270. The van der Waals surface area contributed by atoms with Crippen molar-refractivity contribution < 1.29 is 14.3 Å². The second-order valence-corrected chi connectivity index (χ2v) is 3.75. The smallest absolute Gasteiger partial charge is 0.328 e. The van der Waals surface area contributed by atoms with Gasteiger partial charge in [0.15, 0.2) is 0 Å². The molecular formula is C12H15NO3. The Morgan fingerprint density at radius 3 is 2.94 bits per heavy atom. The first-order valence-electron chi connectivity index (χ1n) is 5.26. The summed E-state index contributed by atoms with van der Waals surface area (Å²) in [4.78, 5) is 11.5. The summed E-state index contributed by atoms with van der Waals surface area (Å²) in [6, 6.07) is 5.61. The fourth-order valence-corrected chi connectivity index (χ4v) is 1.98. The van der Waals surface area contributed by atoms with Gasteiger partial charge in [-0.25, -0.2) is 4.79 Å². The average molecular weight is 221 g/mol. The van der Waals surface area contributed by atoms with Crippen molar-refractivity contribution in [1.29, 1.82) is 0 Å². The second-order valence-electron chi connectivity index (χ2n) is 3.75. The van der Waals surface area contributed by atoms with E-state index in [2.05, 4.69) is 5.32 Å². The summed E-state index contributed by atoms with van der Waals surface area (Å²) < 4.78 is 10.00. The number of para-hydroxylation sites is 1. The number of hydrogen-bond donors (Lipinski definition) is 1. The first-order chi connectivity index (χ1) is 7.76. The molecule has 1 aliphatic rings. The fraction of sp³-hybridized carbons (Fsp3) is 0.417. The quantitative estimate of drug-likeness (QED) is 0.770. The van der Waals surface area contributed by atoms with Gasteiger partial charge in [0.1, 0.15) is 11.8 Å². The van der Waals surface area contributed by atoms with E-state index in [1.54, 1.807) is 7.11 Å². The number of esters is 1. The van der Waals surface area contributed by atoms with Crippen LogP contribution in [0.5, 0.6) is 5.75 Å². The molecule has 4 nitrogen and oxygen atoms in total. The Balaban J connectivity index is 2.27. The van der Waals surface area contributed by atoms with Crippen molar-refractivity contribution in [2.75, 3.05) is 19.5 Å². The highest BCUT2D eigenvalue weighted by Crippen LogP contribution is 2.33.